The molecule has 1 N–H and O–H groups in total. The van der Waals surface area contributed by atoms with E-state index < -0.39 is 17.5 Å². The molecule has 0 fully saturated rings. The Morgan fingerprint density at radius 3 is 2.61 bits per heavy atom. The lowest BCUT2D eigenvalue weighted by atomic mass is 10.1. The molecule has 7 heteroatoms. The first-order chi connectivity index (χ1) is 13.4. The number of nitrogens with one attached hydrogen (secondary N) is 1. The first-order valence-electron chi connectivity index (χ1n) is 8.59. The van der Waals surface area contributed by atoms with Crippen LogP contribution in [0, 0.1) is 25.5 Å². The molecule has 0 aliphatic carbocycles. The summed E-state index contributed by atoms with van der Waals surface area (Å²) >= 11 is 0. The molecule has 0 bridgehead atoms. The van der Waals surface area contributed by atoms with Crippen molar-refractivity contribution in [2.24, 2.45) is 0 Å². The van der Waals surface area contributed by atoms with Crippen LogP contribution in [-0.4, -0.2) is 20.3 Å². The zero-order chi connectivity index (χ0) is 19.8. The predicted molar refractivity (Wildman–Crippen MR) is 102 cm³/mol. The fourth-order valence-corrected chi connectivity index (χ4v) is 2.94. The quantitative estimate of drug-likeness (QED) is 0.569. The van der Waals surface area contributed by atoms with E-state index in [0.717, 1.165) is 17.3 Å². The van der Waals surface area contributed by atoms with Crippen LogP contribution >= 0.6 is 0 Å². The number of rotatable bonds is 3. The van der Waals surface area contributed by atoms with Crippen LogP contribution in [0.1, 0.15) is 21.5 Å². The number of benzene rings is 2. The number of nitrogens with zero attached hydrogens (tertiary/aromatic N) is 3. The predicted octanol–water partition coefficient (Wildman–Crippen LogP) is 4.54. The van der Waals surface area contributed by atoms with Crippen LogP contribution in [0.25, 0.3) is 17.0 Å². The van der Waals surface area contributed by atoms with Crippen LogP contribution < -0.4 is 5.32 Å². The number of hydrogen-bond acceptors (Lipinski definition) is 3. The van der Waals surface area contributed by atoms with Gasteiger partial charge in [0.15, 0.2) is 5.82 Å². The Labute approximate surface area is 159 Å². The number of carbonyl (C=O) groups is 1. The van der Waals surface area contributed by atoms with Crippen molar-refractivity contribution >= 4 is 17.4 Å². The lowest BCUT2D eigenvalue weighted by molar-refractivity contribution is 0.102. The average Bonchev–Trinajstić information content (AvgIpc) is 3.08. The highest BCUT2D eigenvalue weighted by Crippen LogP contribution is 2.26. The molecule has 0 unspecified atom stereocenters. The number of anilines is 1. The Kier molecular flexibility index (Phi) is 4.35. The molecule has 4 rings (SSSR count). The van der Waals surface area contributed by atoms with Gasteiger partial charge in [0.25, 0.3) is 5.91 Å². The molecule has 5 nitrogen and oxygen atoms in total. The average molecular weight is 378 g/mol. The molecule has 2 heterocycles. The topological polar surface area (TPSA) is 59.3 Å². The molecule has 0 aliphatic rings. The molecule has 0 spiro atoms. The first kappa shape index (κ1) is 17.8. The maximum Gasteiger partial charge on any atom is 0.256 e. The van der Waals surface area contributed by atoms with Gasteiger partial charge in [-0.3, -0.25) is 9.20 Å². The third kappa shape index (κ3) is 3.34. The summed E-state index contributed by atoms with van der Waals surface area (Å²) in [6.45, 7) is 3.61. The van der Waals surface area contributed by atoms with Crippen molar-refractivity contribution in [3.05, 3.63) is 83.3 Å². The Balaban J connectivity index is 1.68. The van der Waals surface area contributed by atoms with Crippen LogP contribution in [0.15, 0.2) is 55.0 Å². The van der Waals surface area contributed by atoms with Crippen LogP contribution in [0.5, 0.6) is 0 Å². The van der Waals surface area contributed by atoms with Gasteiger partial charge < -0.3 is 5.32 Å². The number of hydrogen-bond donors (Lipinski definition) is 1. The fraction of sp³-hybridized carbons (Fsp3) is 0.0952. The maximum atomic E-state index is 13.5. The fourth-order valence-electron chi connectivity index (χ4n) is 2.94. The summed E-state index contributed by atoms with van der Waals surface area (Å²) in [6.07, 6.45) is 4.06. The van der Waals surface area contributed by atoms with Gasteiger partial charge in [0.2, 0.25) is 5.78 Å². The first-order valence-corrected chi connectivity index (χ1v) is 8.59. The second-order valence-corrected chi connectivity index (χ2v) is 6.55. The number of fused-ring (bicyclic) bond motifs is 1. The minimum absolute atomic E-state index is 0.275. The largest absolute Gasteiger partial charge is 0.322 e. The second-order valence-electron chi connectivity index (χ2n) is 6.55. The van der Waals surface area contributed by atoms with Crippen LogP contribution in [0.4, 0.5) is 14.5 Å². The molecule has 4 aromatic rings. The third-order valence-electron chi connectivity index (χ3n) is 4.50. The van der Waals surface area contributed by atoms with Crippen molar-refractivity contribution in [2.45, 2.75) is 13.8 Å². The van der Waals surface area contributed by atoms with Gasteiger partial charge in [-0.25, -0.2) is 18.7 Å². The van der Waals surface area contributed by atoms with Gasteiger partial charge in [-0.1, -0.05) is 18.2 Å². The van der Waals surface area contributed by atoms with Gasteiger partial charge in [0.1, 0.15) is 5.82 Å². The van der Waals surface area contributed by atoms with Crippen molar-refractivity contribution in [1.82, 2.24) is 14.4 Å². The second kappa shape index (κ2) is 6.84. The van der Waals surface area contributed by atoms with E-state index >= 15 is 0 Å². The minimum Gasteiger partial charge on any atom is -0.322 e. The van der Waals surface area contributed by atoms with E-state index in [1.54, 1.807) is 25.3 Å². The van der Waals surface area contributed by atoms with E-state index in [0.29, 0.717) is 22.7 Å². The molecule has 0 aliphatic heterocycles. The van der Waals surface area contributed by atoms with E-state index in [2.05, 4.69) is 15.3 Å². The molecule has 140 valence electrons. The molecule has 2 aromatic carbocycles. The van der Waals surface area contributed by atoms with Gasteiger partial charge in [0.05, 0.1) is 11.9 Å². The van der Waals surface area contributed by atoms with Gasteiger partial charge >= 0.3 is 0 Å². The molecule has 0 saturated heterocycles. The van der Waals surface area contributed by atoms with Crippen LogP contribution in [-0.2, 0) is 0 Å². The van der Waals surface area contributed by atoms with Crippen molar-refractivity contribution in [3.63, 3.8) is 0 Å². The lowest BCUT2D eigenvalue weighted by Gasteiger charge is -2.11. The van der Waals surface area contributed by atoms with Crippen LogP contribution in [0.2, 0.25) is 0 Å². The summed E-state index contributed by atoms with van der Waals surface area (Å²) in [5.41, 5.74) is 3.72. The van der Waals surface area contributed by atoms with Gasteiger partial charge in [-0.2, -0.15) is 0 Å². The van der Waals surface area contributed by atoms with Crippen LogP contribution in [0.3, 0.4) is 0 Å². The number of halogens is 2. The molecular weight excluding hydrogens is 362 g/mol. The standard InChI is InChI=1S/C21H16F2N4O/c1-12-4-6-15(22)8-17(12)20(28)25-18-7-14(5-3-13(18)2)19-11-27-10-16(23)9-24-21(27)26-19/h3-11H,1-2H3,(H,25,28). The zero-order valence-electron chi connectivity index (χ0n) is 15.2. The number of carbonyl (C=O) groups excluding carboxylic acids is 1. The highest BCUT2D eigenvalue weighted by Gasteiger charge is 2.13. The van der Waals surface area contributed by atoms with Gasteiger partial charge in [0, 0.05) is 29.2 Å². The van der Waals surface area contributed by atoms with E-state index in [-0.39, 0.29) is 5.56 Å². The number of amides is 1. The molecular formula is C21H16F2N4O. The van der Waals surface area contributed by atoms with E-state index in [1.165, 1.54) is 22.7 Å². The van der Waals surface area contributed by atoms with Crippen molar-refractivity contribution in [1.29, 1.82) is 0 Å². The summed E-state index contributed by atoms with van der Waals surface area (Å²) in [5.74, 6) is -0.946. The van der Waals surface area contributed by atoms with E-state index in [1.807, 2.05) is 19.1 Å². The maximum absolute atomic E-state index is 13.5. The van der Waals surface area contributed by atoms with E-state index in [9.17, 15) is 13.6 Å². The van der Waals surface area contributed by atoms with Crippen molar-refractivity contribution < 1.29 is 13.6 Å². The molecule has 0 saturated carbocycles. The zero-order valence-corrected chi connectivity index (χ0v) is 15.2. The lowest BCUT2D eigenvalue weighted by Crippen LogP contribution is -2.14. The Hall–Kier alpha value is -3.61. The summed E-state index contributed by atoms with van der Waals surface area (Å²) in [7, 11) is 0. The molecule has 1 amide bonds. The Morgan fingerprint density at radius 1 is 1.00 bits per heavy atom. The summed E-state index contributed by atoms with van der Waals surface area (Å²) in [5, 5.41) is 2.83. The number of imidazole rings is 1. The van der Waals surface area contributed by atoms with Gasteiger partial charge in [-0.15, -0.1) is 0 Å². The SMILES string of the molecule is Cc1ccc(-c2cn3cc(F)cnc3n2)cc1NC(=O)c1cc(F)ccc1C. The summed E-state index contributed by atoms with van der Waals surface area (Å²) in [6, 6.07) is 9.58. The monoisotopic (exact) mass is 378 g/mol. The summed E-state index contributed by atoms with van der Waals surface area (Å²) < 4.78 is 28.4. The highest BCUT2D eigenvalue weighted by atomic mass is 19.1. The molecule has 2 aromatic heterocycles. The number of aryl methyl sites for hydroxylation is 2. The molecule has 28 heavy (non-hydrogen) atoms. The van der Waals surface area contributed by atoms with Crippen molar-refractivity contribution in [3.8, 4) is 11.3 Å². The highest BCUT2D eigenvalue weighted by molar-refractivity contribution is 6.05. The molecule has 0 radical (unpaired) electrons. The van der Waals surface area contributed by atoms with E-state index in [4.69, 9.17) is 0 Å². The minimum atomic E-state index is -0.467. The van der Waals surface area contributed by atoms with Gasteiger partial charge in [-0.05, 0) is 43.2 Å². The number of aromatic nitrogens is 3. The Bertz CT molecular complexity index is 1220. The third-order valence-corrected chi connectivity index (χ3v) is 4.50. The Morgan fingerprint density at radius 2 is 1.79 bits per heavy atom. The molecule has 0 atom stereocenters. The summed E-state index contributed by atoms with van der Waals surface area (Å²) in [4.78, 5) is 20.9. The normalized spacial score (nSPS) is 11.0. The van der Waals surface area contributed by atoms with Crippen molar-refractivity contribution in [2.75, 3.05) is 5.32 Å². The smallest absolute Gasteiger partial charge is 0.256 e.